The lowest BCUT2D eigenvalue weighted by atomic mass is 9.64. The second kappa shape index (κ2) is 6.51. The number of rotatable bonds is 4. The van der Waals surface area contributed by atoms with Gasteiger partial charge in [0.25, 0.3) is 0 Å². The lowest BCUT2D eigenvalue weighted by molar-refractivity contribution is -0.0945. The zero-order valence-electron chi connectivity index (χ0n) is 14.4. The number of hydrogen-bond donors (Lipinski definition) is 1. The van der Waals surface area contributed by atoms with E-state index in [0.717, 1.165) is 38.9 Å². The van der Waals surface area contributed by atoms with Crippen LogP contribution in [0.2, 0.25) is 0 Å². The Morgan fingerprint density at radius 1 is 1.39 bits per heavy atom. The van der Waals surface area contributed by atoms with Gasteiger partial charge in [-0.25, -0.2) is 4.79 Å². The van der Waals surface area contributed by atoms with Gasteiger partial charge in [0.2, 0.25) is 0 Å². The summed E-state index contributed by atoms with van der Waals surface area (Å²) in [6.07, 6.45) is 7.06. The van der Waals surface area contributed by atoms with Crippen LogP contribution in [0.1, 0.15) is 33.1 Å². The molecule has 0 aromatic carbocycles. The second-order valence-electron chi connectivity index (χ2n) is 7.44. The van der Waals surface area contributed by atoms with Gasteiger partial charge < -0.3 is 15.0 Å². The molecule has 0 bridgehead atoms. The fourth-order valence-electron chi connectivity index (χ4n) is 3.76. The summed E-state index contributed by atoms with van der Waals surface area (Å²) in [4.78, 5) is 14.4. The zero-order valence-corrected chi connectivity index (χ0v) is 14.4. The fourth-order valence-corrected chi connectivity index (χ4v) is 3.76. The van der Waals surface area contributed by atoms with Gasteiger partial charge in [0.15, 0.2) is 0 Å². The monoisotopic (exact) mass is 320 g/mol. The van der Waals surface area contributed by atoms with Crippen molar-refractivity contribution < 1.29 is 9.53 Å². The number of carbonyl (C=O) groups excluding carboxylic acids is 1. The summed E-state index contributed by atoms with van der Waals surface area (Å²) in [7, 11) is 1.74. The van der Waals surface area contributed by atoms with E-state index in [9.17, 15) is 4.79 Å². The van der Waals surface area contributed by atoms with Gasteiger partial charge in [-0.1, -0.05) is 13.8 Å². The average molecular weight is 320 g/mol. The average Bonchev–Trinajstić information content (AvgIpc) is 3.04. The molecule has 2 fully saturated rings. The van der Waals surface area contributed by atoms with E-state index in [1.807, 2.05) is 28.0 Å². The predicted octanol–water partition coefficient (Wildman–Crippen LogP) is 2.12. The smallest absolute Gasteiger partial charge is 0.317 e. The van der Waals surface area contributed by atoms with E-state index < -0.39 is 0 Å². The standard InChI is InChI=1S/C17H28N4O2/c1-17(2)14(11-15(17)23-3)19-16(22)20-9-5-13(6-10-20)12-21-8-4-7-18-21/h4,7-8,13-15H,5-6,9-12H2,1-3H3,(H,19,22). The highest BCUT2D eigenvalue weighted by Crippen LogP contribution is 2.42. The number of urea groups is 1. The molecule has 1 aliphatic carbocycles. The number of methoxy groups -OCH3 is 1. The third-order valence-electron chi connectivity index (χ3n) is 5.67. The molecular formula is C17H28N4O2. The number of piperidine rings is 1. The highest BCUT2D eigenvalue weighted by molar-refractivity contribution is 5.75. The van der Waals surface area contributed by atoms with E-state index in [1.165, 1.54) is 0 Å². The molecule has 0 radical (unpaired) electrons. The number of carbonyl (C=O) groups is 1. The molecule has 1 saturated carbocycles. The van der Waals surface area contributed by atoms with E-state index >= 15 is 0 Å². The van der Waals surface area contributed by atoms with Crippen LogP contribution in [0.4, 0.5) is 4.79 Å². The summed E-state index contributed by atoms with van der Waals surface area (Å²) in [6.45, 7) is 6.93. The second-order valence-corrected chi connectivity index (χ2v) is 7.44. The number of nitrogens with zero attached hydrogens (tertiary/aromatic N) is 3. The molecule has 23 heavy (non-hydrogen) atoms. The first kappa shape index (κ1) is 16.3. The summed E-state index contributed by atoms with van der Waals surface area (Å²) < 4.78 is 7.44. The Morgan fingerprint density at radius 3 is 2.70 bits per heavy atom. The van der Waals surface area contributed by atoms with Crippen molar-refractivity contribution in [1.29, 1.82) is 0 Å². The zero-order chi connectivity index (χ0) is 16.4. The molecule has 1 aromatic heterocycles. The molecule has 1 N–H and O–H groups in total. The van der Waals surface area contributed by atoms with Gasteiger partial charge in [-0.2, -0.15) is 5.10 Å². The van der Waals surface area contributed by atoms with Gasteiger partial charge in [0.1, 0.15) is 0 Å². The van der Waals surface area contributed by atoms with Crippen LogP contribution in [0.15, 0.2) is 18.5 Å². The Bertz CT molecular complexity index is 521. The third kappa shape index (κ3) is 3.37. The molecule has 128 valence electrons. The van der Waals surface area contributed by atoms with E-state index in [1.54, 1.807) is 7.11 Å². The number of aromatic nitrogens is 2. The van der Waals surface area contributed by atoms with Crippen molar-refractivity contribution in [2.75, 3.05) is 20.2 Å². The molecule has 3 rings (SSSR count). The van der Waals surface area contributed by atoms with Crippen molar-refractivity contribution in [3.05, 3.63) is 18.5 Å². The van der Waals surface area contributed by atoms with Crippen LogP contribution in [0.3, 0.4) is 0 Å². The van der Waals surface area contributed by atoms with Crippen molar-refractivity contribution in [3.63, 3.8) is 0 Å². The Labute approximate surface area is 138 Å². The van der Waals surface area contributed by atoms with E-state index in [4.69, 9.17) is 4.74 Å². The predicted molar refractivity (Wildman–Crippen MR) is 88.0 cm³/mol. The maximum absolute atomic E-state index is 12.5. The number of ether oxygens (including phenoxy) is 1. The van der Waals surface area contributed by atoms with Crippen LogP contribution in [-0.4, -0.2) is 53.1 Å². The molecule has 2 amide bonds. The third-order valence-corrected chi connectivity index (χ3v) is 5.67. The van der Waals surface area contributed by atoms with Gasteiger partial charge in [-0.15, -0.1) is 0 Å². The molecular weight excluding hydrogens is 292 g/mol. The van der Waals surface area contributed by atoms with E-state index in [0.29, 0.717) is 5.92 Å². The van der Waals surface area contributed by atoms with Crippen molar-refractivity contribution in [1.82, 2.24) is 20.0 Å². The Morgan fingerprint density at radius 2 is 2.13 bits per heavy atom. The summed E-state index contributed by atoms with van der Waals surface area (Å²) in [5.41, 5.74) is 0.0167. The number of nitrogens with one attached hydrogen (secondary N) is 1. The molecule has 2 atom stereocenters. The highest BCUT2D eigenvalue weighted by Gasteiger charge is 2.49. The molecule has 1 saturated heterocycles. The Balaban J connectivity index is 1.44. The molecule has 1 aromatic rings. The highest BCUT2D eigenvalue weighted by atomic mass is 16.5. The SMILES string of the molecule is COC1CC(NC(=O)N2CCC(Cn3cccn3)CC2)C1(C)C. The lowest BCUT2D eigenvalue weighted by Crippen LogP contribution is -2.63. The van der Waals surface area contributed by atoms with Crippen LogP contribution < -0.4 is 5.32 Å². The summed E-state index contributed by atoms with van der Waals surface area (Å²) in [6, 6.07) is 2.24. The van der Waals surface area contributed by atoms with Gasteiger partial charge in [0.05, 0.1) is 6.10 Å². The van der Waals surface area contributed by atoms with E-state index in [2.05, 4.69) is 24.3 Å². The molecule has 0 spiro atoms. The topological polar surface area (TPSA) is 59.4 Å². The van der Waals surface area contributed by atoms with Gasteiger partial charge in [-0.05, 0) is 31.2 Å². The first-order chi connectivity index (χ1) is 11.0. The van der Waals surface area contributed by atoms with Crippen LogP contribution in [-0.2, 0) is 11.3 Å². The van der Waals surface area contributed by atoms with Crippen LogP contribution >= 0.6 is 0 Å². The van der Waals surface area contributed by atoms with Gasteiger partial charge >= 0.3 is 6.03 Å². The van der Waals surface area contributed by atoms with E-state index in [-0.39, 0.29) is 23.6 Å². The molecule has 2 unspecified atom stereocenters. The number of likely N-dealkylation sites (tertiary alicyclic amines) is 1. The normalized spacial score (nSPS) is 27.5. The summed E-state index contributed by atoms with van der Waals surface area (Å²) in [5.74, 6) is 0.608. The van der Waals surface area contributed by atoms with Crippen LogP contribution in [0.5, 0.6) is 0 Å². The summed E-state index contributed by atoms with van der Waals surface area (Å²) in [5, 5.41) is 7.46. The minimum Gasteiger partial charge on any atom is -0.381 e. The Hall–Kier alpha value is -1.56. The van der Waals surface area contributed by atoms with Gasteiger partial charge in [-0.3, -0.25) is 4.68 Å². The van der Waals surface area contributed by atoms with Crippen molar-refractivity contribution in [3.8, 4) is 0 Å². The first-order valence-corrected chi connectivity index (χ1v) is 8.56. The maximum atomic E-state index is 12.5. The molecule has 2 heterocycles. The first-order valence-electron chi connectivity index (χ1n) is 8.56. The molecule has 1 aliphatic heterocycles. The van der Waals surface area contributed by atoms with Crippen molar-refractivity contribution in [2.45, 2.75) is 51.8 Å². The molecule has 6 nitrogen and oxygen atoms in total. The molecule has 6 heteroatoms. The largest absolute Gasteiger partial charge is 0.381 e. The quantitative estimate of drug-likeness (QED) is 0.924. The Kier molecular flexibility index (Phi) is 4.62. The number of amides is 2. The van der Waals surface area contributed by atoms with Crippen LogP contribution in [0, 0.1) is 11.3 Å². The summed E-state index contributed by atoms with van der Waals surface area (Å²) >= 11 is 0. The van der Waals surface area contributed by atoms with Gasteiger partial charge in [0, 0.05) is 50.6 Å². The van der Waals surface area contributed by atoms with Crippen molar-refractivity contribution in [2.24, 2.45) is 11.3 Å². The lowest BCUT2D eigenvalue weighted by Gasteiger charge is -2.51. The minimum absolute atomic E-state index is 0.0167. The maximum Gasteiger partial charge on any atom is 0.317 e. The van der Waals surface area contributed by atoms with Crippen molar-refractivity contribution >= 4 is 6.03 Å². The number of hydrogen-bond acceptors (Lipinski definition) is 3. The minimum atomic E-state index is 0.0167. The fraction of sp³-hybridized carbons (Fsp3) is 0.765. The molecule has 2 aliphatic rings. The van der Waals surface area contributed by atoms with Crippen LogP contribution in [0.25, 0.3) is 0 Å².